The predicted octanol–water partition coefficient (Wildman–Crippen LogP) is 4.73. The molecule has 0 amide bonds. The van der Waals surface area contributed by atoms with Gasteiger partial charge in [-0.1, -0.05) is 55.0 Å². The van der Waals surface area contributed by atoms with Crippen molar-refractivity contribution in [3.8, 4) is 0 Å². The first-order chi connectivity index (χ1) is 9.76. The minimum Gasteiger partial charge on any atom is -0.136 e. The molecule has 0 atom stereocenters. The lowest BCUT2D eigenvalue weighted by Gasteiger charge is -2.12. The molecule has 4 rings (SSSR count). The molecular weight excluding hydrogens is 259 g/mol. The SMILES string of the molecule is [B]c1ccc2c(C=C)c(C=C)c3cccc4sc1c2c43. The third-order valence-electron chi connectivity index (χ3n) is 3.96. The molecule has 0 saturated heterocycles. The Kier molecular flexibility index (Phi) is 2.33. The summed E-state index contributed by atoms with van der Waals surface area (Å²) in [6.45, 7) is 7.96. The average molecular weight is 270 g/mol. The Balaban J connectivity index is 2.49. The van der Waals surface area contributed by atoms with E-state index >= 15 is 0 Å². The predicted molar refractivity (Wildman–Crippen MR) is 93.6 cm³/mol. The van der Waals surface area contributed by atoms with Gasteiger partial charge in [0.15, 0.2) is 0 Å². The lowest BCUT2D eigenvalue weighted by atomic mass is 9.87. The van der Waals surface area contributed by atoms with E-state index in [4.69, 9.17) is 7.85 Å². The molecule has 2 radical (unpaired) electrons. The van der Waals surface area contributed by atoms with Crippen molar-refractivity contribution >= 4 is 67.7 Å². The summed E-state index contributed by atoms with van der Waals surface area (Å²) in [5.41, 5.74) is 3.15. The topological polar surface area (TPSA) is 0 Å². The van der Waals surface area contributed by atoms with Gasteiger partial charge in [0.05, 0.1) is 0 Å². The molecule has 0 aliphatic heterocycles. The molecule has 2 heteroatoms. The molecule has 0 nitrogen and oxygen atoms in total. The monoisotopic (exact) mass is 270 g/mol. The lowest BCUT2D eigenvalue weighted by Crippen LogP contribution is -2.01. The fourth-order valence-corrected chi connectivity index (χ4v) is 4.30. The van der Waals surface area contributed by atoms with Crippen LogP contribution in [0.5, 0.6) is 0 Å². The van der Waals surface area contributed by atoms with E-state index in [2.05, 4.69) is 37.4 Å². The van der Waals surface area contributed by atoms with Crippen LogP contribution in [-0.2, 0) is 0 Å². The fraction of sp³-hybridized carbons (Fsp3) is 0. The van der Waals surface area contributed by atoms with Crippen molar-refractivity contribution in [2.24, 2.45) is 0 Å². The van der Waals surface area contributed by atoms with Gasteiger partial charge in [0, 0.05) is 20.2 Å². The Morgan fingerprint density at radius 1 is 0.900 bits per heavy atom. The summed E-state index contributed by atoms with van der Waals surface area (Å²) in [4.78, 5) is 0. The Hall–Kier alpha value is -2.06. The molecule has 0 unspecified atom stereocenters. The van der Waals surface area contributed by atoms with Crippen molar-refractivity contribution in [1.82, 2.24) is 0 Å². The molecular formula is C18H11BS. The molecule has 0 aliphatic rings. The van der Waals surface area contributed by atoms with Gasteiger partial charge in [-0.25, -0.2) is 0 Å². The number of hydrogen-bond acceptors (Lipinski definition) is 1. The summed E-state index contributed by atoms with van der Waals surface area (Å²) in [6.07, 6.45) is 3.84. The number of hydrogen-bond donors (Lipinski definition) is 0. The van der Waals surface area contributed by atoms with Crippen molar-refractivity contribution in [3.63, 3.8) is 0 Å². The van der Waals surface area contributed by atoms with Crippen LogP contribution in [0, 0.1) is 0 Å². The zero-order chi connectivity index (χ0) is 13.9. The standard InChI is InChI=1S/C18H11BS/c1-3-10-11(4-2)13-8-9-14(19)18-17(13)16-12(10)6-5-7-15(16)20-18/h3-9H,1-2H2. The molecule has 20 heavy (non-hydrogen) atoms. The van der Waals surface area contributed by atoms with E-state index in [-0.39, 0.29) is 0 Å². The van der Waals surface area contributed by atoms with Crippen molar-refractivity contribution in [2.45, 2.75) is 0 Å². The van der Waals surface area contributed by atoms with Crippen LogP contribution < -0.4 is 5.46 Å². The molecule has 0 saturated carbocycles. The second-order valence-electron chi connectivity index (χ2n) is 4.92. The van der Waals surface area contributed by atoms with Crippen molar-refractivity contribution in [2.75, 3.05) is 0 Å². The van der Waals surface area contributed by atoms with E-state index in [0.29, 0.717) is 0 Å². The first-order valence-corrected chi connectivity index (χ1v) is 7.31. The summed E-state index contributed by atoms with van der Waals surface area (Å²) in [5, 5.41) is 5.01. The van der Waals surface area contributed by atoms with E-state index in [0.717, 1.165) is 16.6 Å². The molecule has 0 N–H and O–H groups in total. The normalized spacial score (nSPS) is 11.6. The van der Waals surface area contributed by atoms with Gasteiger partial charge in [0.25, 0.3) is 0 Å². The molecule has 0 aliphatic carbocycles. The quantitative estimate of drug-likeness (QED) is 0.365. The molecule has 1 aromatic heterocycles. The molecule has 1 heterocycles. The van der Waals surface area contributed by atoms with E-state index in [9.17, 15) is 0 Å². The van der Waals surface area contributed by atoms with Crippen molar-refractivity contribution in [1.29, 1.82) is 0 Å². The minimum atomic E-state index is 0.848. The zero-order valence-electron chi connectivity index (χ0n) is 10.9. The van der Waals surface area contributed by atoms with E-state index < -0.39 is 0 Å². The number of rotatable bonds is 2. The van der Waals surface area contributed by atoms with Crippen LogP contribution in [0.1, 0.15) is 11.1 Å². The van der Waals surface area contributed by atoms with Crippen LogP contribution in [0.15, 0.2) is 43.5 Å². The Morgan fingerprint density at radius 2 is 1.60 bits per heavy atom. The maximum absolute atomic E-state index is 6.17. The summed E-state index contributed by atoms with van der Waals surface area (Å²) in [7, 11) is 6.17. The third-order valence-corrected chi connectivity index (χ3v) is 5.16. The van der Waals surface area contributed by atoms with Crippen LogP contribution in [-0.4, -0.2) is 7.85 Å². The fourth-order valence-electron chi connectivity index (χ4n) is 3.12. The second-order valence-corrected chi connectivity index (χ2v) is 5.98. The van der Waals surface area contributed by atoms with Gasteiger partial charge in [0.2, 0.25) is 0 Å². The van der Waals surface area contributed by atoms with Crippen LogP contribution >= 0.6 is 11.3 Å². The van der Waals surface area contributed by atoms with Crippen LogP contribution in [0.3, 0.4) is 0 Å². The number of benzene rings is 3. The highest BCUT2D eigenvalue weighted by atomic mass is 32.1. The van der Waals surface area contributed by atoms with Gasteiger partial charge in [-0.05, 0) is 28.0 Å². The van der Waals surface area contributed by atoms with Gasteiger partial charge in [-0.3, -0.25) is 0 Å². The smallest absolute Gasteiger partial charge is 0.115 e. The Morgan fingerprint density at radius 3 is 2.30 bits per heavy atom. The summed E-state index contributed by atoms with van der Waals surface area (Å²) in [6, 6.07) is 10.5. The van der Waals surface area contributed by atoms with Gasteiger partial charge < -0.3 is 0 Å². The van der Waals surface area contributed by atoms with Crippen molar-refractivity contribution < 1.29 is 0 Å². The molecule has 3 aromatic carbocycles. The molecule has 0 fully saturated rings. The maximum Gasteiger partial charge on any atom is 0.115 e. The second kappa shape index (κ2) is 3.97. The summed E-state index contributed by atoms with van der Waals surface area (Å²) in [5.74, 6) is 0. The summed E-state index contributed by atoms with van der Waals surface area (Å²) >= 11 is 1.76. The van der Waals surface area contributed by atoms with Crippen molar-refractivity contribution in [3.05, 3.63) is 54.6 Å². The average Bonchev–Trinajstić information content (AvgIpc) is 2.87. The van der Waals surface area contributed by atoms with E-state index in [1.54, 1.807) is 11.3 Å². The first kappa shape index (κ1) is 11.7. The van der Waals surface area contributed by atoms with E-state index in [1.165, 1.54) is 30.9 Å². The van der Waals surface area contributed by atoms with E-state index in [1.807, 2.05) is 18.2 Å². The Bertz CT molecular complexity index is 991. The minimum absolute atomic E-state index is 0.848. The Labute approximate surface area is 122 Å². The van der Waals surface area contributed by atoms with Gasteiger partial charge >= 0.3 is 0 Å². The highest BCUT2D eigenvalue weighted by molar-refractivity contribution is 7.27. The van der Waals surface area contributed by atoms with Crippen LogP contribution in [0.2, 0.25) is 0 Å². The van der Waals surface area contributed by atoms with Crippen LogP contribution in [0.4, 0.5) is 0 Å². The third kappa shape index (κ3) is 1.27. The highest BCUT2D eigenvalue weighted by Crippen LogP contribution is 2.43. The van der Waals surface area contributed by atoms with Crippen LogP contribution in [0.25, 0.3) is 43.1 Å². The number of thiophene rings is 1. The van der Waals surface area contributed by atoms with Gasteiger partial charge in [0.1, 0.15) is 7.85 Å². The van der Waals surface area contributed by atoms with Gasteiger partial charge in [-0.15, -0.1) is 11.3 Å². The largest absolute Gasteiger partial charge is 0.136 e. The lowest BCUT2D eigenvalue weighted by molar-refractivity contribution is 1.76. The zero-order valence-corrected chi connectivity index (χ0v) is 11.8. The highest BCUT2D eigenvalue weighted by Gasteiger charge is 2.17. The maximum atomic E-state index is 6.17. The summed E-state index contributed by atoms with van der Waals surface area (Å²) < 4.78 is 2.45. The van der Waals surface area contributed by atoms with Gasteiger partial charge in [-0.2, -0.15) is 0 Å². The molecule has 0 spiro atoms. The molecule has 0 bridgehead atoms. The molecule has 92 valence electrons. The first-order valence-electron chi connectivity index (χ1n) is 6.50. The molecule has 4 aromatic rings.